The molecule has 0 nitrogen and oxygen atoms in total. The maximum absolute atomic E-state index is 5.92. The van der Waals surface area contributed by atoms with E-state index in [2.05, 4.69) is 43.3 Å². The molecule has 0 unspecified atom stereocenters. The van der Waals surface area contributed by atoms with Gasteiger partial charge in [-0.05, 0) is 47.7 Å². The molecule has 0 heterocycles. The van der Waals surface area contributed by atoms with Gasteiger partial charge in [0.2, 0.25) is 0 Å². The lowest BCUT2D eigenvalue weighted by atomic mass is 9.98. The number of aryl methyl sites for hydroxylation is 1. The number of fused-ring (bicyclic) bond motifs is 1. The van der Waals surface area contributed by atoms with E-state index in [9.17, 15) is 0 Å². The van der Waals surface area contributed by atoms with Crippen LogP contribution < -0.4 is 0 Å². The summed E-state index contributed by atoms with van der Waals surface area (Å²) in [4.78, 5) is 0. The average molecular weight is 241 g/mol. The minimum absolute atomic E-state index is 0.789. The molecule has 17 heavy (non-hydrogen) atoms. The highest BCUT2D eigenvalue weighted by molar-refractivity contribution is 6.30. The molecular weight excluding hydrogens is 228 g/mol. The van der Waals surface area contributed by atoms with Crippen molar-refractivity contribution < 1.29 is 0 Å². The molecule has 0 fully saturated rings. The van der Waals surface area contributed by atoms with Crippen LogP contribution in [0.25, 0.3) is 5.57 Å². The molecule has 3 rings (SSSR count). The third-order valence-corrected chi connectivity index (χ3v) is 3.49. The van der Waals surface area contributed by atoms with Crippen LogP contribution in [0.4, 0.5) is 0 Å². The number of benzene rings is 2. The lowest BCUT2D eigenvalue weighted by molar-refractivity contribution is 1.29. The fraction of sp³-hybridized carbons (Fsp3) is 0.125. The van der Waals surface area contributed by atoms with Crippen LogP contribution in [0.3, 0.4) is 0 Å². The molecule has 0 aromatic heterocycles. The van der Waals surface area contributed by atoms with Gasteiger partial charge in [-0.1, -0.05) is 53.6 Å². The highest BCUT2D eigenvalue weighted by Crippen LogP contribution is 2.33. The Labute approximate surface area is 107 Å². The maximum atomic E-state index is 5.92. The zero-order valence-electron chi connectivity index (χ0n) is 9.70. The summed E-state index contributed by atoms with van der Waals surface area (Å²) >= 11 is 5.92. The van der Waals surface area contributed by atoms with Gasteiger partial charge < -0.3 is 0 Å². The summed E-state index contributed by atoms with van der Waals surface area (Å²) in [6.07, 6.45) is 3.33. The first-order valence-corrected chi connectivity index (χ1v) is 6.18. The fourth-order valence-corrected chi connectivity index (χ4v) is 2.47. The zero-order chi connectivity index (χ0) is 11.8. The van der Waals surface area contributed by atoms with Crippen molar-refractivity contribution in [1.29, 1.82) is 0 Å². The zero-order valence-corrected chi connectivity index (χ0v) is 10.5. The molecule has 0 radical (unpaired) electrons. The van der Waals surface area contributed by atoms with Gasteiger partial charge in [-0.3, -0.25) is 0 Å². The molecule has 1 aliphatic carbocycles. The molecule has 0 aliphatic heterocycles. The minimum Gasteiger partial charge on any atom is -0.0843 e. The van der Waals surface area contributed by atoms with Gasteiger partial charge in [-0.15, -0.1) is 0 Å². The van der Waals surface area contributed by atoms with Crippen LogP contribution in [0.15, 0.2) is 48.5 Å². The van der Waals surface area contributed by atoms with Crippen molar-refractivity contribution >= 4 is 17.2 Å². The van der Waals surface area contributed by atoms with E-state index >= 15 is 0 Å². The second-order valence-electron chi connectivity index (χ2n) is 4.49. The molecule has 2 aromatic rings. The fourth-order valence-electron chi connectivity index (χ4n) is 2.34. The molecule has 0 saturated carbocycles. The molecule has 0 amide bonds. The normalized spacial score (nSPS) is 13.4. The first-order chi connectivity index (χ1) is 8.24. The number of hydrogen-bond acceptors (Lipinski definition) is 0. The Morgan fingerprint density at radius 3 is 2.53 bits per heavy atom. The second-order valence-corrected chi connectivity index (χ2v) is 4.93. The summed E-state index contributed by atoms with van der Waals surface area (Å²) < 4.78 is 0. The van der Waals surface area contributed by atoms with E-state index in [0.29, 0.717) is 0 Å². The van der Waals surface area contributed by atoms with Gasteiger partial charge in [0.15, 0.2) is 0 Å². The first kappa shape index (κ1) is 10.6. The third-order valence-electron chi connectivity index (χ3n) is 3.24. The van der Waals surface area contributed by atoms with Crippen molar-refractivity contribution in [2.45, 2.75) is 13.3 Å². The molecule has 84 valence electrons. The number of halogens is 1. The van der Waals surface area contributed by atoms with Crippen molar-refractivity contribution in [1.82, 2.24) is 0 Å². The molecule has 0 spiro atoms. The van der Waals surface area contributed by atoms with Gasteiger partial charge in [-0.25, -0.2) is 0 Å². The Morgan fingerprint density at radius 2 is 1.76 bits per heavy atom. The van der Waals surface area contributed by atoms with Crippen molar-refractivity contribution in [3.8, 4) is 0 Å². The van der Waals surface area contributed by atoms with Crippen molar-refractivity contribution in [3.05, 3.63) is 75.8 Å². The SMILES string of the molecule is Cc1ccc2c(c1)C(c1ccc(Cl)cc1)=CC2. The van der Waals surface area contributed by atoms with Crippen LogP contribution in [0.2, 0.25) is 5.02 Å². The Kier molecular flexibility index (Phi) is 2.53. The van der Waals surface area contributed by atoms with E-state index in [4.69, 9.17) is 11.6 Å². The summed E-state index contributed by atoms with van der Waals surface area (Å²) in [7, 11) is 0. The summed E-state index contributed by atoms with van der Waals surface area (Å²) in [6.45, 7) is 2.14. The monoisotopic (exact) mass is 240 g/mol. The number of allylic oxidation sites excluding steroid dienone is 1. The quantitative estimate of drug-likeness (QED) is 0.682. The first-order valence-electron chi connectivity index (χ1n) is 5.80. The van der Waals surface area contributed by atoms with Gasteiger partial charge in [0.1, 0.15) is 0 Å². The Balaban J connectivity index is 2.08. The predicted octanol–water partition coefficient (Wildman–Crippen LogP) is 4.64. The van der Waals surface area contributed by atoms with E-state index in [1.165, 1.54) is 27.8 Å². The van der Waals surface area contributed by atoms with Crippen LogP contribution in [-0.4, -0.2) is 0 Å². The highest BCUT2D eigenvalue weighted by atomic mass is 35.5. The van der Waals surface area contributed by atoms with Crippen LogP contribution in [0.1, 0.15) is 22.3 Å². The van der Waals surface area contributed by atoms with Gasteiger partial charge in [0.05, 0.1) is 0 Å². The molecule has 0 bridgehead atoms. The standard InChI is InChI=1S/C16H13Cl/c1-11-2-3-13-6-9-15(16(13)10-11)12-4-7-14(17)8-5-12/h2-5,7-10H,6H2,1H3. The lowest BCUT2D eigenvalue weighted by Gasteiger charge is -2.07. The number of rotatable bonds is 1. The van der Waals surface area contributed by atoms with Crippen molar-refractivity contribution in [2.24, 2.45) is 0 Å². The molecular formula is C16H13Cl. The third kappa shape index (κ3) is 1.89. The Morgan fingerprint density at radius 1 is 1.00 bits per heavy atom. The summed E-state index contributed by atoms with van der Waals surface area (Å²) in [5.74, 6) is 0. The van der Waals surface area contributed by atoms with E-state index in [1.54, 1.807) is 0 Å². The molecule has 0 atom stereocenters. The van der Waals surface area contributed by atoms with Gasteiger partial charge in [0.25, 0.3) is 0 Å². The minimum atomic E-state index is 0.789. The largest absolute Gasteiger partial charge is 0.0843 e. The summed E-state index contributed by atoms with van der Waals surface area (Å²) in [6, 6.07) is 14.7. The second kappa shape index (κ2) is 4.05. The van der Waals surface area contributed by atoms with E-state index in [-0.39, 0.29) is 0 Å². The highest BCUT2D eigenvalue weighted by Gasteiger charge is 2.15. The average Bonchev–Trinajstić information content (AvgIpc) is 2.73. The van der Waals surface area contributed by atoms with E-state index in [0.717, 1.165) is 11.4 Å². The summed E-state index contributed by atoms with van der Waals surface area (Å²) in [5, 5.41) is 0.789. The van der Waals surface area contributed by atoms with E-state index in [1.807, 2.05) is 12.1 Å². The Hall–Kier alpha value is -1.53. The number of hydrogen-bond donors (Lipinski definition) is 0. The lowest BCUT2D eigenvalue weighted by Crippen LogP contribution is -1.88. The van der Waals surface area contributed by atoms with Crippen LogP contribution in [0.5, 0.6) is 0 Å². The molecule has 0 saturated heterocycles. The van der Waals surface area contributed by atoms with Crippen LogP contribution in [-0.2, 0) is 6.42 Å². The van der Waals surface area contributed by atoms with E-state index < -0.39 is 0 Å². The molecule has 1 heteroatoms. The maximum Gasteiger partial charge on any atom is 0.0406 e. The van der Waals surface area contributed by atoms with Gasteiger partial charge in [0, 0.05) is 5.02 Å². The van der Waals surface area contributed by atoms with Crippen LogP contribution in [0, 0.1) is 6.92 Å². The van der Waals surface area contributed by atoms with Gasteiger partial charge >= 0.3 is 0 Å². The summed E-state index contributed by atoms with van der Waals surface area (Å²) in [5.41, 5.74) is 6.68. The molecule has 0 N–H and O–H groups in total. The van der Waals surface area contributed by atoms with Crippen molar-refractivity contribution in [3.63, 3.8) is 0 Å². The predicted molar refractivity (Wildman–Crippen MR) is 73.4 cm³/mol. The molecule has 2 aromatic carbocycles. The Bertz CT molecular complexity index is 591. The van der Waals surface area contributed by atoms with Gasteiger partial charge in [-0.2, -0.15) is 0 Å². The smallest absolute Gasteiger partial charge is 0.0406 e. The van der Waals surface area contributed by atoms with Crippen LogP contribution >= 0.6 is 11.6 Å². The molecule has 1 aliphatic rings. The van der Waals surface area contributed by atoms with Crippen molar-refractivity contribution in [2.75, 3.05) is 0 Å². The topological polar surface area (TPSA) is 0 Å².